The fourth-order valence-corrected chi connectivity index (χ4v) is 2.15. The lowest BCUT2D eigenvalue weighted by Gasteiger charge is -2.07. The van der Waals surface area contributed by atoms with E-state index in [2.05, 4.69) is 21.2 Å². The molecule has 1 aromatic carbocycles. The molecule has 0 heterocycles. The molecule has 0 radical (unpaired) electrons. The minimum atomic E-state index is -0.680. The number of hydrogen-bond acceptors (Lipinski definition) is 3. The van der Waals surface area contributed by atoms with Gasteiger partial charge in [0.2, 0.25) is 0 Å². The third kappa shape index (κ3) is 6.81. The highest BCUT2D eigenvalue weighted by Crippen LogP contribution is 2.15. The standard InChI is InChI=1S/C12H18BrNO2S/c1-2-17(15)10-8-14-7-9-16-12-5-3-11(13)4-6-12/h3-6,14H,2,7-10H2,1H3. The number of benzene rings is 1. The predicted octanol–water partition coefficient (Wildman–Crippen LogP) is 2.19. The van der Waals surface area contributed by atoms with Gasteiger partial charge in [0.05, 0.1) is 0 Å². The van der Waals surface area contributed by atoms with Crippen molar-refractivity contribution < 1.29 is 8.95 Å². The van der Waals surface area contributed by atoms with Gasteiger partial charge in [-0.05, 0) is 24.3 Å². The molecule has 5 heteroatoms. The van der Waals surface area contributed by atoms with E-state index in [1.54, 1.807) is 0 Å². The first kappa shape index (κ1) is 14.7. The average Bonchev–Trinajstić information content (AvgIpc) is 2.35. The van der Waals surface area contributed by atoms with Gasteiger partial charge in [-0.25, -0.2) is 0 Å². The van der Waals surface area contributed by atoms with Gasteiger partial charge in [-0.1, -0.05) is 22.9 Å². The van der Waals surface area contributed by atoms with Gasteiger partial charge in [-0.2, -0.15) is 0 Å². The van der Waals surface area contributed by atoms with E-state index in [0.717, 1.165) is 34.8 Å². The highest BCUT2D eigenvalue weighted by atomic mass is 79.9. The third-order valence-electron chi connectivity index (χ3n) is 2.19. The maximum atomic E-state index is 11.1. The highest BCUT2D eigenvalue weighted by molar-refractivity contribution is 9.10. The molecule has 17 heavy (non-hydrogen) atoms. The largest absolute Gasteiger partial charge is 0.492 e. The summed E-state index contributed by atoms with van der Waals surface area (Å²) in [7, 11) is -0.680. The van der Waals surface area contributed by atoms with E-state index < -0.39 is 10.8 Å². The summed E-state index contributed by atoms with van der Waals surface area (Å²) in [6, 6.07) is 7.76. The Hall–Kier alpha value is -0.390. The van der Waals surface area contributed by atoms with E-state index in [1.807, 2.05) is 31.2 Å². The van der Waals surface area contributed by atoms with E-state index in [0.29, 0.717) is 6.61 Å². The summed E-state index contributed by atoms with van der Waals surface area (Å²) in [5.74, 6) is 2.32. The summed E-state index contributed by atoms with van der Waals surface area (Å²) in [6.07, 6.45) is 0. The molecule has 3 nitrogen and oxygen atoms in total. The Morgan fingerprint density at radius 2 is 2.00 bits per heavy atom. The molecule has 0 fully saturated rings. The van der Waals surface area contributed by atoms with Crippen LogP contribution in [-0.4, -0.2) is 35.4 Å². The van der Waals surface area contributed by atoms with Crippen molar-refractivity contribution in [1.29, 1.82) is 0 Å². The molecule has 0 aliphatic rings. The molecule has 1 aromatic rings. The molecular formula is C12H18BrNO2S. The molecule has 1 N–H and O–H groups in total. The zero-order chi connectivity index (χ0) is 12.5. The normalized spacial score (nSPS) is 12.4. The van der Waals surface area contributed by atoms with Crippen LogP contribution in [0.2, 0.25) is 0 Å². The fraction of sp³-hybridized carbons (Fsp3) is 0.500. The van der Waals surface area contributed by atoms with E-state index in [-0.39, 0.29) is 0 Å². The average molecular weight is 320 g/mol. The van der Waals surface area contributed by atoms with E-state index in [4.69, 9.17) is 4.74 Å². The van der Waals surface area contributed by atoms with Crippen LogP contribution in [0.25, 0.3) is 0 Å². The summed E-state index contributed by atoms with van der Waals surface area (Å²) in [5.41, 5.74) is 0. The van der Waals surface area contributed by atoms with Gasteiger partial charge in [0.15, 0.2) is 0 Å². The van der Waals surface area contributed by atoms with E-state index in [9.17, 15) is 4.21 Å². The molecular weight excluding hydrogens is 302 g/mol. The van der Waals surface area contributed by atoms with E-state index in [1.165, 1.54) is 0 Å². The van der Waals surface area contributed by atoms with Crippen LogP contribution < -0.4 is 10.1 Å². The Bertz CT molecular complexity index is 343. The number of hydrogen-bond donors (Lipinski definition) is 1. The molecule has 1 rings (SSSR count). The SMILES string of the molecule is CCS(=O)CCNCCOc1ccc(Br)cc1. The zero-order valence-corrected chi connectivity index (χ0v) is 12.4. The predicted molar refractivity (Wildman–Crippen MR) is 76.1 cm³/mol. The van der Waals surface area contributed by atoms with Crippen LogP contribution in [-0.2, 0) is 10.8 Å². The van der Waals surface area contributed by atoms with Crippen molar-refractivity contribution in [3.8, 4) is 5.75 Å². The molecule has 0 aliphatic heterocycles. The van der Waals surface area contributed by atoms with Gasteiger partial charge in [0, 0.05) is 39.9 Å². The Balaban J connectivity index is 2.04. The Labute approximate surface area is 114 Å². The summed E-state index contributed by atoms with van der Waals surface area (Å²) < 4.78 is 17.7. The highest BCUT2D eigenvalue weighted by Gasteiger charge is 1.96. The second-order valence-corrected chi connectivity index (χ2v) is 6.27. The maximum Gasteiger partial charge on any atom is 0.119 e. The van der Waals surface area contributed by atoms with Crippen molar-refractivity contribution >= 4 is 26.7 Å². The first-order valence-corrected chi connectivity index (χ1v) is 7.94. The summed E-state index contributed by atoms with van der Waals surface area (Å²) in [5, 5.41) is 3.20. The van der Waals surface area contributed by atoms with Gasteiger partial charge >= 0.3 is 0 Å². The number of ether oxygens (including phenoxy) is 1. The number of halogens is 1. The van der Waals surface area contributed by atoms with Gasteiger partial charge < -0.3 is 10.1 Å². The van der Waals surface area contributed by atoms with Crippen LogP contribution >= 0.6 is 15.9 Å². The Morgan fingerprint density at radius 3 is 2.65 bits per heavy atom. The van der Waals surface area contributed by atoms with Crippen molar-refractivity contribution in [3.63, 3.8) is 0 Å². The van der Waals surface area contributed by atoms with Gasteiger partial charge in [-0.15, -0.1) is 0 Å². The quantitative estimate of drug-likeness (QED) is 0.746. The number of nitrogens with one attached hydrogen (secondary N) is 1. The molecule has 0 amide bonds. The van der Waals surface area contributed by atoms with Crippen LogP contribution in [0.1, 0.15) is 6.92 Å². The molecule has 0 saturated heterocycles. The van der Waals surface area contributed by atoms with E-state index >= 15 is 0 Å². The smallest absolute Gasteiger partial charge is 0.119 e. The second kappa shape index (κ2) is 8.66. The van der Waals surface area contributed by atoms with Crippen molar-refractivity contribution in [2.75, 3.05) is 31.2 Å². The van der Waals surface area contributed by atoms with Crippen molar-refractivity contribution in [3.05, 3.63) is 28.7 Å². The van der Waals surface area contributed by atoms with Crippen LogP contribution in [0.15, 0.2) is 28.7 Å². The fourth-order valence-electron chi connectivity index (χ4n) is 1.23. The summed E-state index contributed by atoms with van der Waals surface area (Å²) in [4.78, 5) is 0. The molecule has 0 aliphatic carbocycles. The van der Waals surface area contributed by atoms with Crippen molar-refractivity contribution in [1.82, 2.24) is 5.32 Å². The topological polar surface area (TPSA) is 38.3 Å². The molecule has 1 atom stereocenters. The van der Waals surface area contributed by atoms with Crippen molar-refractivity contribution in [2.45, 2.75) is 6.92 Å². The second-order valence-electron chi connectivity index (χ2n) is 3.49. The first-order valence-electron chi connectivity index (χ1n) is 5.66. The lowest BCUT2D eigenvalue weighted by atomic mass is 10.3. The van der Waals surface area contributed by atoms with Crippen LogP contribution in [0.3, 0.4) is 0 Å². The van der Waals surface area contributed by atoms with Gasteiger partial charge in [0.25, 0.3) is 0 Å². The molecule has 0 saturated carbocycles. The van der Waals surface area contributed by atoms with Gasteiger partial charge in [0.1, 0.15) is 12.4 Å². The third-order valence-corrected chi connectivity index (χ3v) is 4.02. The zero-order valence-electron chi connectivity index (χ0n) is 9.95. The molecule has 1 unspecified atom stereocenters. The maximum absolute atomic E-state index is 11.1. The lowest BCUT2D eigenvalue weighted by Crippen LogP contribution is -2.25. The van der Waals surface area contributed by atoms with Crippen LogP contribution in [0, 0.1) is 0 Å². The summed E-state index contributed by atoms with van der Waals surface area (Å²) >= 11 is 3.37. The lowest BCUT2D eigenvalue weighted by molar-refractivity contribution is 0.315. The minimum absolute atomic E-state index is 0.625. The summed E-state index contributed by atoms with van der Waals surface area (Å²) in [6.45, 7) is 4.12. The van der Waals surface area contributed by atoms with Gasteiger partial charge in [-0.3, -0.25) is 4.21 Å². The molecule has 0 aromatic heterocycles. The van der Waals surface area contributed by atoms with Crippen molar-refractivity contribution in [2.24, 2.45) is 0 Å². The van der Waals surface area contributed by atoms with Crippen LogP contribution in [0.5, 0.6) is 5.75 Å². The number of rotatable bonds is 8. The Morgan fingerprint density at radius 1 is 1.29 bits per heavy atom. The molecule has 0 spiro atoms. The van der Waals surface area contributed by atoms with Crippen LogP contribution in [0.4, 0.5) is 0 Å². The molecule has 0 bridgehead atoms. The Kier molecular flexibility index (Phi) is 7.48. The first-order chi connectivity index (χ1) is 8.22. The monoisotopic (exact) mass is 319 g/mol. The molecule has 96 valence electrons. The minimum Gasteiger partial charge on any atom is -0.492 e.